The third-order valence-electron chi connectivity index (χ3n) is 2.83. The highest BCUT2D eigenvalue weighted by Gasteiger charge is 2.13. The maximum atomic E-state index is 11.4. The molecule has 17 heavy (non-hydrogen) atoms. The summed E-state index contributed by atoms with van der Waals surface area (Å²) in [6, 6.07) is 0. The van der Waals surface area contributed by atoms with Crippen LogP contribution in [0.4, 0.5) is 0 Å². The van der Waals surface area contributed by atoms with E-state index in [1.165, 1.54) is 26.3 Å². The first kappa shape index (κ1) is 11.9. The van der Waals surface area contributed by atoms with Crippen molar-refractivity contribution in [3.05, 3.63) is 16.7 Å². The molecule has 6 heteroatoms. The molecule has 1 fully saturated rings. The Morgan fingerprint density at radius 3 is 2.94 bits per heavy atom. The first-order valence-corrected chi connectivity index (χ1v) is 5.78. The molecule has 0 bridgehead atoms. The predicted octanol–water partition coefficient (Wildman–Crippen LogP) is 0.253. The summed E-state index contributed by atoms with van der Waals surface area (Å²) in [7, 11) is 1.43. The molecule has 94 valence electrons. The Morgan fingerprint density at radius 1 is 1.47 bits per heavy atom. The number of hydrogen-bond donors (Lipinski definition) is 1. The minimum Gasteiger partial charge on any atom is -0.487 e. The highest BCUT2D eigenvalue weighted by Crippen LogP contribution is 2.17. The van der Waals surface area contributed by atoms with Gasteiger partial charge in [0.05, 0.1) is 13.4 Å². The van der Waals surface area contributed by atoms with E-state index in [1.54, 1.807) is 0 Å². The number of hydrogen-bond acceptors (Lipinski definition) is 5. The molecule has 0 saturated carbocycles. The smallest absolute Gasteiger partial charge is 0.297 e. The second-order valence-electron chi connectivity index (χ2n) is 3.97. The van der Waals surface area contributed by atoms with Crippen molar-refractivity contribution < 1.29 is 9.47 Å². The van der Waals surface area contributed by atoms with Crippen molar-refractivity contribution in [1.82, 2.24) is 14.9 Å². The van der Waals surface area contributed by atoms with E-state index in [0.29, 0.717) is 6.61 Å². The molecule has 0 aromatic carbocycles. The Morgan fingerprint density at radius 2 is 2.24 bits per heavy atom. The van der Waals surface area contributed by atoms with Crippen LogP contribution in [0, 0.1) is 0 Å². The average Bonchev–Trinajstić information content (AvgIpc) is 2.82. The van der Waals surface area contributed by atoms with Crippen LogP contribution in [-0.4, -0.2) is 48.2 Å². The SMILES string of the molecule is COc1c(OCCN2CCCC2)nc[nH]c1=O. The number of rotatable bonds is 5. The van der Waals surface area contributed by atoms with Crippen molar-refractivity contribution in [2.75, 3.05) is 33.4 Å². The molecule has 0 radical (unpaired) electrons. The number of nitrogens with one attached hydrogen (secondary N) is 1. The van der Waals surface area contributed by atoms with Gasteiger partial charge in [-0.3, -0.25) is 9.69 Å². The zero-order valence-corrected chi connectivity index (χ0v) is 9.94. The maximum absolute atomic E-state index is 11.4. The first-order chi connectivity index (χ1) is 8.31. The molecule has 1 aliphatic rings. The molecule has 0 spiro atoms. The molecule has 1 N–H and O–H groups in total. The van der Waals surface area contributed by atoms with Crippen LogP contribution >= 0.6 is 0 Å². The molecule has 2 heterocycles. The van der Waals surface area contributed by atoms with Crippen LogP contribution in [-0.2, 0) is 0 Å². The Hall–Kier alpha value is -1.56. The summed E-state index contributed by atoms with van der Waals surface area (Å²) in [6.45, 7) is 3.64. The van der Waals surface area contributed by atoms with Gasteiger partial charge in [-0.2, -0.15) is 0 Å². The van der Waals surface area contributed by atoms with Crippen LogP contribution in [0.2, 0.25) is 0 Å². The summed E-state index contributed by atoms with van der Waals surface area (Å²) >= 11 is 0. The summed E-state index contributed by atoms with van der Waals surface area (Å²) in [5, 5.41) is 0. The fourth-order valence-electron chi connectivity index (χ4n) is 1.93. The number of H-pyrrole nitrogens is 1. The fraction of sp³-hybridized carbons (Fsp3) is 0.636. The van der Waals surface area contributed by atoms with Crippen LogP contribution in [0.15, 0.2) is 11.1 Å². The number of aromatic nitrogens is 2. The van der Waals surface area contributed by atoms with E-state index in [9.17, 15) is 4.79 Å². The van der Waals surface area contributed by atoms with E-state index in [-0.39, 0.29) is 17.2 Å². The largest absolute Gasteiger partial charge is 0.487 e. The maximum Gasteiger partial charge on any atom is 0.297 e. The molecule has 1 aliphatic heterocycles. The highest BCUT2D eigenvalue weighted by molar-refractivity contribution is 5.29. The molecular weight excluding hydrogens is 222 g/mol. The number of aromatic amines is 1. The Kier molecular flexibility index (Phi) is 3.98. The minimum absolute atomic E-state index is 0.133. The zero-order chi connectivity index (χ0) is 12.1. The van der Waals surface area contributed by atoms with E-state index in [1.807, 2.05) is 0 Å². The standard InChI is InChI=1S/C11H17N3O3/c1-16-9-10(15)12-8-13-11(9)17-7-6-14-4-2-3-5-14/h8H,2-7H2,1H3,(H,12,13,15). The molecule has 1 aromatic heterocycles. The van der Waals surface area contributed by atoms with Crippen molar-refractivity contribution in [3.8, 4) is 11.6 Å². The van der Waals surface area contributed by atoms with Gasteiger partial charge in [0.2, 0.25) is 5.75 Å². The van der Waals surface area contributed by atoms with Gasteiger partial charge in [0.1, 0.15) is 6.61 Å². The van der Waals surface area contributed by atoms with Gasteiger partial charge >= 0.3 is 0 Å². The third kappa shape index (κ3) is 2.97. The quantitative estimate of drug-likeness (QED) is 0.798. The number of likely N-dealkylation sites (tertiary alicyclic amines) is 1. The summed E-state index contributed by atoms with van der Waals surface area (Å²) in [5.74, 6) is 0.393. The van der Waals surface area contributed by atoms with Crippen molar-refractivity contribution in [3.63, 3.8) is 0 Å². The number of ether oxygens (including phenoxy) is 2. The second kappa shape index (κ2) is 5.67. The van der Waals surface area contributed by atoms with Crippen molar-refractivity contribution in [1.29, 1.82) is 0 Å². The highest BCUT2D eigenvalue weighted by atomic mass is 16.5. The molecule has 0 unspecified atom stereocenters. The van der Waals surface area contributed by atoms with Gasteiger partial charge in [-0.1, -0.05) is 0 Å². The summed E-state index contributed by atoms with van der Waals surface area (Å²) in [5.41, 5.74) is -0.321. The van der Waals surface area contributed by atoms with Crippen LogP contribution in [0.25, 0.3) is 0 Å². The lowest BCUT2D eigenvalue weighted by Gasteiger charge is -2.14. The van der Waals surface area contributed by atoms with Crippen molar-refractivity contribution >= 4 is 0 Å². The van der Waals surface area contributed by atoms with E-state index in [0.717, 1.165) is 19.6 Å². The van der Waals surface area contributed by atoms with Gasteiger partial charge < -0.3 is 14.5 Å². The van der Waals surface area contributed by atoms with Crippen LogP contribution < -0.4 is 15.0 Å². The van der Waals surface area contributed by atoms with Crippen LogP contribution in [0.5, 0.6) is 11.6 Å². The van der Waals surface area contributed by atoms with Gasteiger partial charge in [-0.15, -0.1) is 0 Å². The number of nitrogens with zero attached hydrogens (tertiary/aromatic N) is 2. The van der Waals surface area contributed by atoms with E-state index in [4.69, 9.17) is 9.47 Å². The molecule has 0 amide bonds. The van der Waals surface area contributed by atoms with Gasteiger partial charge in [0, 0.05) is 6.54 Å². The predicted molar refractivity (Wildman–Crippen MR) is 62.6 cm³/mol. The van der Waals surface area contributed by atoms with Crippen LogP contribution in [0.3, 0.4) is 0 Å². The van der Waals surface area contributed by atoms with Crippen molar-refractivity contribution in [2.24, 2.45) is 0 Å². The fourth-order valence-corrected chi connectivity index (χ4v) is 1.93. The van der Waals surface area contributed by atoms with Gasteiger partial charge in [0.15, 0.2) is 0 Å². The lowest BCUT2D eigenvalue weighted by atomic mass is 10.4. The average molecular weight is 239 g/mol. The van der Waals surface area contributed by atoms with E-state index in [2.05, 4.69) is 14.9 Å². The van der Waals surface area contributed by atoms with Gasteiger partial charge in [0.25, 0.3) is 11.4 Å². The molecule has 0 atom stereocenters. The monoisotopic (exact) mass is 239 g/mol. The van der Waals surface area contributed by atoms with Gasteiger partial charge in [-0.05, 0) is 25.9 Å². The Labute approximate surface area is 99.6 Å². The molecule has 2 rings (SSSR count). The molecule has 1 aromatic rings. The first-order valence-electron chi connectivity index (χ1n) is 5.78. The molecule has 6 nitrogen and oxygen atoms in total. The molecule has 1 saturated heterocycles. The lowest BCUT2D eigenvalue weighted by Crippen LogP contribution is -2.25. The Bertz CT molecular complexity index is 413. The third-order valence-corrected chi connectivity index (χ3v) is 2.83. The summed E-state index contributed by atoms with van der Waals surface area (Å²) < 4.78 is 10.4. The van der Waals surface area contributed by atoms with E-state index < -0.39 is 0 Å². The normalized spacial score (nSPS) is 16.1. The number of methoxy groups -OCH3 is 1. The summed E-state index contributed by atoms with van der Waals surface area (Å²) in [6.07, 6.45) is 3.83. The zero-order valence-electron chi connectivity index (χ0n) is 9.94. The second-order valence-corrected chi connectivity index (χ2v) is 3.97. The van der Waals surface area contributed by atoms with Gasteiger partial charge in [-0.25, -0.2) is 4.98 Å². The van der Waals surface area contributed by atoms with E-state index >= 15 is 0 Å². The van der Waals surface area contributed by atoms with Crippen molar-refractivity contribution in [2.45, 2.75) is 12.8 Å². The molecule has 0 aliphatic carbocycles. The van der Waals surface area contributed by atoms with Crippen LogP contribution in [0.1, 0.15) is 12.8 Å². The molecular formula is C11H17N3O3. The summed E-state index contributed by atoms with van der Waals surface area (Å²) in [4.78, 5) is 20.1. The minimum atomic E-state index is -0.321. The Balaban J connectivity index is 1.89. The lowest BCUT2D eigenvalue weighted by molar-refractivity contribution is 0.223. The topological polar surface area (TPSA) is 67.5 Å².